The summed E-state index contributed by atoms with van der Waals surface area (Å²) in [7, 11) is 0. The molecular weight excluding hydrogens is 403 g/mol. The van der Waals surface area contributed by atoms with Crippen molar-refractivity contribution in [2.45, 2.75) is 0 Å². The fourth-order valence-corrected chi connectivity index (χ4v) is 2.74. The first-order chi connectivity index (χ1) is 11.2. The molecule has 0 saturated carbocycles. The van der Waals surface area contributed by atoms with Crippen molar-refractivity contribution < 1.29 is 4.79 Å². The number of halogens is 1. The van der Waals surface area contributed by atoms with Gasteiger partial charge in [-0.1, -0.05) is 30.3 Å². The highest BCUT2D eigenvalue weighted by molar-refractivity contribution is 14.1. The van der Waals surface area contributed by atoms with Crippen molar-refractivity contribution in [3.63, 3.8) is 0 Å². The van der Waals surface area contributed by atoms with Crippen molar-refractivity contribution >= 4 is 51.6 Å². The van der Waals surface area contributed by atoms with Gasteiger partial charge >= 0.3 is 0 Å². The standard InChI is InChI=1S/C17H13IN4O/c18-12-6-7-14-13(8-12)16(22-17(19)20-10-23)9-15(21-14)11-4-2-1-3-5-11/h1-10H,(H3,19,20,21,22,23). The fourth-order valence-electron chi connectivity index (χ4n) is 2.25. The van der Waals surface area contributed by atoms with Crippen LogP contribution in [0.25, 0.3) is 22.2 Å². The molecule has 0 aliphatic heterocycles. The molecule has 0 radical (unpaired) electrons. The van der Waals surface area contributed by atoms with Gasteiger partial charge in [-0.3, -0.25) is 10.1 Å². The van der Waals surface area contributed by atoms with E-state index in [1.165, 1.54) is 0 Å². The molecule has 5 nitrogen and oxygen atoms in total. The molecule has 0 aliphatic rings. The van der Waals surface area contributed by atoms with Crippen molar-refractivity contribution in [1.82, 2.24) is 10.3 Å². The minimum atomic E-state index is 0.0466. The molecule has 0 aliphatic carbocycles. The van der Waals surface area contributed by atoms with Gasteiger partial charge in [0.2, 0.25) is 6.41 Å². The monoisotopic (exact) mass is 416 g/mol. The molecule has 3 aromatic rings. The number of aliphatic imine (C=N–C) groups is 1. The van der Waals surface area contributed by atoms with Crippen LogP contribution in [0.3, 0.4) is 0 Å². The van der Waals surface area contributed by atoms with Crippen LogP contribution in [0.1, 0.15) is 0 Å². The lowest BCUT2D eigenvalue weighted by Gasteiger charge is -2.08. The summed E-state index contributed by atoms with van der Waals surface area (Å²) in [4.78, 5) is 19.5. The highest BCUT2D eigenvalue weighted by Crippen LogP contribution is 2.31. The molecular formula is C17H13IN4O. The normalized spacial score (nSPS) is 11.4. The summed E-state index contributed by atoms with van der Waals surface area (Å²) >= 11 is 2.24. The summed E-state index contributed by atoms with van der Waals surface area (Å²) in [6.45, 7) is 0. The largest absolute Gasteiger partial charge is 0.369 e. The number of benzene rings is 2. The van der Waals surface area contributed by atoms with Gasteiger partial charge in [0.25, 0.3) is 0 Å². The number of nitrogens with one attached hydrogen (secondary N) is 1. The van der Waals surface area contributed by atoms with Crippen LogP contribution in [0.4, 0.5) is 5.69 Å². The Morgan fingerprint density at radius 3 is 2.70 bits per heavy atom. The lowest BCUT2D eigenvalue weighted by atomic mass is 10.1. The Morgan fingerprint density at radius 2 is 1.96 bits per heavy atom. The Morgan fingerprint density at radius 1 is 1.17 bits per heavy atom. The van der Waals surface area contributed by atoms with E-state index in [1.807, 2.05) is 54.6 Å². The zero-order valence-corrected chi connectivity index (χ0v) is 14.2. The molecule has 23 heavy (non-hydrogen) atoms. The first-order valence-corrected chi connectivity index (χ1v) is 7.95. The minimum Gasteiger partial charge on any atom is -0.369 e. The SMILES string of the molecule is NC(=Nc1cc(-c2ccccc2)nc2ccc(I)cc12)NC=O. The lowest BCUT2D eigenvalue weighted by Crippen LogP contribution is -2.29. The predicted molar refractivity (Wildman–Crippen MR) is 100 cm³/mol. The molecule has 0 fully saturated rings. The number of carbonyl (C=O) groups is 1. The highest BCUT2D eigenvalue weighted by Gasteiger charge is 2.08. The van der Waals surface area contributed by atoms with Crippen LogP contribution in [-0.2, 0) is 4.79 Å². The van der Waals surface area contributed by atoms with E-state index >= 15 is 0 Å². The summed E-state index contributed by atoms with van der Waals surface area (Å²) in [5, 5.41) is 3.24. The Bertz CT molecular complexity index is 894. The summed E-state index contributed by atoms with van der Waals surface area (Å²) in [5.74, 6) is 0.0466. The maximum Gasteiger partial charge on any atom is 0.213 e. The third-order valence-corrected chi connectivity index (χ3v) is 3.94. The molecule has 0 spiro atoms. The molecule has 3 rings (SSSR count). The molecule has 0 atom stereocenters. The number of nitrogens with zero attached hydrogens (tertiary/aromatic N) is 2. The molecule has 1 aromatic heterocycles. The van der Waals surface area contributed by atoms with E-state index in [1.54, 1.807) is 0 Å². The predicted octanol–water partition coefficient (Wildman–Crippen LogP) is 3.20. The van der Waals surface area contributed by atoms with Gasteiger partial charge in [0.05, 0.1) is 16.9 Å². The van der Waals surface area contributed by atoms with E-state index in [-0.39, 0.29) is 5.96 Å². The number of nitrogens with two attached hydrogens (primary N) is 1. The third-order valence-electron chi connectivity index (χ3n) is 3.27. The van der Waals surface area contributed by atoms with Crippen molar-refractivity contribution in [1.29, 1.82) is 0 Å². The quantitative estimate of drug-likeness (QED) is 0.298. The number of aromatic nitrogens is 1. The lowest BCUT2D eigenvalue weighted by molar-refractivity contribution is -0.108. The molecule has 6 heteroatoms. The number of fused-ring (bicyclic) bond motifs is 1. The van der Waals surface area contributed by atoms with Gasteiger partial charge in [0, 0.05) is 14.5 Å². The second kappa shape index (κ2) is 6.74. The van der Waals surface area contributed by atoms with Crippen molar-refractivity contribution in [3.8, 4) is 11.3 Å². The molecule has 1 heterocycles. The number of guanidine groups is 1. The van der Waals surface area contributed by atoms with E-state index in [2.05, 4.69) is 32.9 Å². The molecule has 0 bridgehead atoms. The van der Waals surface area contributed by atoms with Gasteiger partial charge in [-0.05, 0) is 46.9 Å². The van der Waals surface area contributed by atoms with Crippen LogP contribution in [0.15, 0.2) is 59.6 Å². The van der Waals surface area contributed by atoms with E-state index in [0.717, 1.165) is 25.7 Å². The van der Waals surface area contributed by atoms with Crippen LogP contribution < -0.4 is 11.1 Å². The van der Waals surface area contributed by atoms with Gasteiger partial charge in [-0.2, -0.15) is 0 Å². The van der Waals surface area contributed by atoms with Crippen LogP contribution >= 0.6 is 22.6 Å². The maximum atomic E-state index is 10.5. The van der Waals surface area contributed by atoms with Gasteiger partial charge < -0.3 is 5.73 Å². The van der Waals surface area contributed by atoms with E-state index in [0.29, 0.717) is 12.1 Å². The highest BCUT2D eigenvalue weighted by atomic mass is 127. The average Bonchev–Trinajstić information content (AvgIpc) is 2.56. The summed E-state index contributed by atoms with van der Waals surface area (Å²) in [5.41, 5.74) is 9.00. The number of rotatable bonds is 3. The first-order valence-electron chi connectivity index (χ1n) is 6.87. The summed E-state index contributed by atoms with van der Waals surface area (Å²) in [6, 6.07) is 17.6. The van der Waals surface area contributed by atoms with Crippen molar-refractivity contribution in [2.24, 2.45) is 10.7 Å². The Kier molecular flexibility index (Phi) is 4.52. The van der Waals surface area contributed by atoms with Crippen LogP contribution in [0.5, 0.6) is 0 Å². The van der Waals surface area contributed by atoms with E-state index in [9.17, 15) is 4.79 Å². The van der Waals surface area contributed by atoms with E-state index < -0.39 is 0 Å². The zero-order chi connectivity index (χ0) is 16.2. The van der Waals surface area contributed by atoms with Gasteiger partial charge in [-0.25, -0.2) is 9.98 Å². The van der Waals surface area contributed by atoms with Gasteiger partial charge in [-0.15, -0.1) is 0 Å². The Balaban J connectivity index is 2.24. The number of hydrogen-bond donors (Lipinski definition) is 2. The van der Waals surface area contributed by atoms with Crippen LogP contribution in [0, 0.1) is 3.57 Å². The van der Waals surface area contributed by atoms with Gasteiger partial charge in [0.15, 0.2) is 5.96 Å². The zero-order valence-electron chi connectivity index (χ0n) is 12.0. The minimum absolute atomic E-state index is 0.0466. The number of amides is 1. The number of hydrogen-bond acceptors (Lipinski definition) is 3. The van der Waals surface area contributed by atoms with Gasteiger partial charge in [0.1, 0.15) is 0 Å². The Labute approximate surface area is 146 Å². The molecule has 0 unspecified atom stereocenters. The van der Waals surface area contributed by atoms with Crippen molar-refractivity contribution in [2.75, 3.05) is 0 Å². The maximum absolute atomic E-state index is 10.5. The second-order valence-electron chi connectivity index (χ2n) is 4.81. The van der Waals surface area contributed by atoms with E-state index in [4.69, 9.17) is 10.7 Å². The summed E-state index contributed by atoms with van der Waals surface area (Å²) in [6.07, 6.45) is 0.504. The van der Waals surface area contributed by atoms with Crippen LogP contribution in [-0.4, -0.2) is 17.4 Å². The smallest absolute Gasteiger partial charge is 0.213 e. The molecule has 114 valence electrons. The third kappa shape index (κ3) is 3.48. The number of carbonyl (C=O) groups excluding carboxylic acids is 1. The first kappa shape index (κ1) is 15.4. The second-order valence-corrected chi connectivity index (χ2v) is 6.06. The molecule has 0 saturated heterocycles. The molecule has 1 amide bonds. The van der Waals surface area contributed by atoms with Crippen LogP contribution in [0.2, 0.25) is 0 Å². The number of pyridine rings is 1. The topological polar surface area (TPSA) is 80.4 Å². The molecule has 3 N–H and O–H groups in total. The fraction of sp³-hybridized carbons (Fsp3) is 0. The average molecular weight is 416 g/mol. The Hall–Kier alpha value is -2.48. The molecule has 2 aromatic carbocycles. The summed E-state index contributed by atoms with van der Waals surface area (Å²) < 4.78 is 1.07. The van der Waals surface area contributed by atoms with Crippen molar-refractivity contribution in [3.05, 3.63) is 58.2 Å².